The number of hydrogen-bond acceptors (Lipinski definition) is 2. The van der Waals surface area contributed by atoms with E-state index >= 15 is 0 Å². The highest BCUT2D eigenvalue weighted by Crippen LogP contribution is 2.14. The standard InChI is InChI=1S/C14H10FN3O/c15-10-4-3-5-11(8-10)17-14(19)18-9-16-12-6-1-2-7-13(12)18/h1-9H,(H,17,19). The van der Waals surface area contributed by atoms with Gasteiger partial charge in [-0.05, 0) is 30.3 Å². The van der Waals surface area contributed by atoms with Gasteiger partial charge in [-0.15, -0.1) is 0 Å². The molecule has 94 valence electrons. The number of imidazole rings is 1. The van der Waals surface area contributed by atoms with E-state index in [1.54, 1.807) is 12.1 Å². The van der Waals surface area contributed by atoms with Crippen molar-refractivity contribution in [2.75, 3.05) is 5.32 Å². The molecule has 0 aliphatic heterocycles. The molecular formula is C14H10FN3O. The van der Waals surface area contributed by atoms with Crippen LogP contribution >= 0.6 is 0 Å². The molecule has 0 unspecified atom stereocenters. The van der Waals surface area contributed by atoms with E-state index in [0.29, 0.717) is 11.2 Å². The number of nitrogens with zero attached hydrogens (tertiary/aromatic N) is 2. The van der Waals surface area contributed by atoms with Gasteiger partial charge in [0.15, 0.2) is 0 Å². The van der Waals surface area contributed by atoms with E-state index in [4.69, 9.17) is 0 Å². The lowest BCUT2D eigenvalue weighted by atomic mass is 10.3. The van der Waals surface area contributed by atoms with Crippen molar-refractivity contribution >= 4 is 22.8 Å². The average molecular weight is 255 g/mol. The van der Waals surface area contributed by atoms with Gasteiger partial charge in [0.1, 0.15) is 12.1 Å². The van der Waals surface area contributed by atoms with Crippen LogP contribution in [0.5, 0.6) is 0 Å². The first-order valence-corrected chi connectivity index (χ1v) is 5.73. The molecule has 1 heterocycles. The lowest BCUT2D eigenvalue weighted by molar-refractivity contribution is 0.254. The summed E-state index contributed by atoms with van der Waals surface area (Å²) in [6.45, 7) is 0. The van der Waals surface area contributed by atoms with E-state index in [9.17, 15) is 9.18 Å². The number of para-hydroxylation sites is 2. The topological polar surface area (TPSA) is 46.9 Å². The molecule has 0 bridgehead atoms. The van der Waals surface area contributed by atoms with E-state index in [-0.39, 0.29) is 6.03 Å². The van der Waals surface area contributed by atoms with Crippen LogP contribution in [0.2, 0.25) is 0 Å². The third-order valence-electron chi connectivity index (χ3n) is 2.75. The van der Waals surface area contributed by atoms with Gasteiger partial charge in [0.25, 0.3) is 0 Å². The second-order valence-electron chi connectivity index (χ2n) is 4.04. The van der Waals surface area contributed by atoms with Gasteiger partial charge in [0.05, 0.1) is 11.0 Å². The maximum atomic E-state index is 13.0. The van der Waals surface area contributed by atoms with Gasteiger partial charge >= 0.3 is 6.03 Å². The average Bonchev–Trinajstić information content (AvgIpc) is 2.82. The van der Waals surface area contributed by atoms with E-state index in [2.05, 4.69) is 10.3 Å². The molecule has 1 amide bonds. The molecule has 0 aliphatic carbocycles. The quantitative estimate of drug-likeness (QED) is 0.725. The molecule has 3 rings (SSSR count). The highest BCUT2D eigenvalue weighted by Gasteiger charge is 2.09. The minimum absolute atomic E-state index is 0.376. The molecule has 0 aliphatic rings. The number of halogens is 1. The van der Waals surface area contributed by atoms with Crippen LogP contribution in [0.4, 0.5) is 14.9 Å². The molecule has 4 nitrogen and oxygen atoms in total. The lowest BCUT2D eigenvalue weighted by Gasteiger charge is -2.06. The number of anilines is 1. The number of carbonyl (C=O) groups is 1. The van der Waals surface area contributed by atoms with Crippen molar-refractivity contribution in [3.05, 3.63) is 60.7 Å². The Balaban J connectivity index is 1.92. The minimum Gasteiger partial charge on any atom is -0.307 e. The fraction of sp³-hybridized carbons (Fsp3) is 0. The fourth-order valence-corrected chi connectivity index (χ4v) is 1.87. The molecule has 3 aromatic rings. The molecule has 0 atom stereocenters. The summed E-state index contributed by atoms with van der Waals surface area (Å²) in [4.78, 5) is 16.2. The molecule has 1 N–H and O–H groups in total. The summed E-state index contributed by atoms with van der Waals surface area (Å²) < 4.78 is 14.4. The van der Waals surface area contributed by atoms with Crippen LogP contribution < -0.4 is 5.32 Å². The molecule has 0 saturated heterocycles. The van der Waals surface area contributed by atoms with Gasteiger partial charge in [-0.2, -0.15) is 0 Å². The third kappa shape index (κ3) is 2.18. The van der Waals surface area contributed by atoms with Crippen molar-refractivity contribution < 1.29 is 9.18 Å². The SMILES string of the molecule is O=C(Nc1cccc(F)c1)n1cnc2ccccc21. The Hall–Kier alpha value is -2.69. The molecule has 1 aromatic heterocycles. The van der Waals surface area contributed by atoms with Crippen molar-refractivity contribution in [2.45, 2.75) is 0 Å². The molecule has 0 radical (unpaired) electrons. The maximum Gasteiger partial charge on any atom is 0.331 e. The molecule has 0 fully saturated rings. The molecule has 0 spiro atoms. The predicted octanol–water partition coefficient (Wildman–Crippen LogP) is 3.26. The number of aromatic nitrogens is 2. The Labute approximate surface area is 108 Å². The number of nitrogens with one attached hydrogen (secondary N) is 1. The first kappa shape index (κ1) is 11.4. The van der Waals surface area contributed by atoms with Crippen LogP contribution in [0.1, 0.15) is 0 Å². The van der Waals surface area contributed by atoms with Crippen LogP contribution in [0, 0.1) is 5.82 Å². The zero-order chi connectivity index (χ0) is 13.2. The summed E-state index contributed by atoms with van der Waals surface area (Å²) in [6, 6.07) is 12.7. The van der Waals surface area contributed by atoms with E-state index in [1.165, 1.54) is 29.1 Å². The maximum absolute atomic E-state index is 13.0. The van der Waals surface area contributed by atoms with Gasteiger partial charge in [-0.25, -0.2) is 14.2 Å². The number of amides is 1. The Morgan fingerprint density at radius 2 is 2.00 bits per heavy atom. The highest BCUT2D eigenvalue weighted by molar-refractivity contribution is 5.97. The van der Waals surface area contributed by atoms with E-state index in [0.717, 1.165) is 5.52 Å². The fourth-order valence-electron chi connectivity index (χ4n) is 1.87. The highest BCUT2D eigenvalue weighted by atomic mass is 19.1. The number of benzene rings is 2. The summed E-state index contributed by atoms with van der Waals surface area (Å²) in [7, 11) is 0. The van der Waals surface area contributed by atoms with Crippen LogP contribution in [0.25, 0.3) is 11.0 Å². The number of hydrogen-bond donors (Lipinski definition) is 1. The molecule has 19 heavy (non-hydrogen) atoms. The zero-order valence-electron chi connectivity index (χ0n) is 9.88. The summed E-state index contributed by atoms with van der Waals surface area (Å²) in [6.07, 6.45) is 1.44. The number of fused-ring (bicyclic) bond motifs is 1. The monoisotopic (exact) mass is 255 g/mol. The zero-order valence-corrected chi connectivity index (χ0v) is 9.88. The molecular weight excluding hydrogens is 245 g/mol. The van der Waals surface area contributed by atoms with Gasteiger partial charge in [-0.3, -0.25) is 4.57 Å². The Bertz CT molecular complexity index is 751. The van der Waals surface area contributed by atoms with Gasteiger partial charge < -0.3 is 5.32 Å². The second-order valence-corrected chi connectivity index (χ2v) is 4.04. The Morgan fingerprint density at radius 3 is 2.84 bits per heavy atom. The van der Waals surface area contributed by atoms with Crippen LogP contribution in [-0.2, 0) is 0 Å². The third-order valence-corrected chi connectivity index (χ3v) is 2.75. The predicted molar refractivity (Wildman–Crippen MR) is 70.5 cm³/mol. The summed E-state index contributed by atoms with van der Waals surface area (Å²) in [5, 5.41) is 2.62. The smallest absolute Gasteiger partial charge is 0.307 e. The second kappa shape index (κ2) is 4.53. The summed E-state index contributed by atoms with van der Waals surface area (Å²) >= 11 is 0. The Morgan fingerprint density at radius 1 is 1.16 bits per heavy atom. The van der Waals surface area contributed by atoms with Crippen molar-refractivity contribution in [1.29, 1.82) is 0 Å². The van der Waals surface area contributed by atoms with Gasteiger partial charge in [0.2, 0.25) is 0 Å². The van der Waals surface area contributed by atoms with Crippen LogP contribution in [0.15, 0.2) is 54.9 Å². The normalized spacial score (nSPS) is 10.6. The van der Waals surface area contributed by atoms with E-state index < -0.39 is 5.82 Å². The van der Waals surface area contributed by atoms with Crippen LogP contribution in [0.3, 0.4) is 0 Å². The lowest BCUT2D eigenvalue weighted by Crippen LogP contribution is -2.18. The van der Waals surface area contributed by atoms with Crippen molar-refractivity contribution in [2.24, 2.45) is 0 Å². The van der Waals surface area contributed by atoms with Crippen LogP contribution in [-0.4, -0.2) is 15.6 Å². The summed E-state index contributed by atoms with van der Waals surface area (Å²) in [5.74, 6) is -0.395. The van der Waals surface area contributed by atoms with Crippen molar-refractivity contribution in [3.63, 3.8) is 0 Å². The summed E-state index contributed by atoms with van der Waals surface area (Å²) in [5.41, 5.74) is 1.84. The van der Waals surface area contributed by atoms with Crippen molar-refractivity contribution in [1.82, 2.24) is 9.55 Å². The van der Waals surface area contributed by atoms with Gasteiger partial charge in [0, 0.05) is 5.69 Å². The van der Waals surface area contributed by atoms with Gasteiger partial charge in [-0.1, -0.05) is 18.2 Å². The van der Waals surface area contributed by atoms with Crippen molar-refractivity contribution in [3.8, 4) is 0 Å². The largest absolute Gasteiger partial charge is 0.331 e. The Kier molecular flexibility index (Phi) is 2.72. The van der Waals surface area contributed by atoms with E-state index in [1.807, 2.05) is 18.2 Å². The first-order valence-electron chi connectivity index (χ1n) is 5.73. The number of carbonyl (C=O) groups excluding carboxylic acids is 1. The molecule has 0 saturated carbocycles. The molecule has 2 aromatic carbocycles. The number of rotatable bonds is 1. The molecule has 5 heteroatoms. The first-order chi connectivity index (χ1) is 9.24. The minimum atomic E-state index is -0.395.